The Labute approximate surface area is 317 Å². The summed E-state index contributed by atoms with van der Waals surface area (Å²) in [6.45, 7) is 11.3. The molecule has 0 saturated heterocycles. The van der Waals surface area contributed by atoms with Gasteiger partial charge in [-0.15, -0.1) is 0 Å². The number of carbonyl (C=O) groups excluding carboxylic acids is 2. The Kier molecular flexibility index (Phi) is 24.6. The van der Waals surface area contributed by atoms with E-state index in [0.29, 0.717) is 39.3 Å². The molecule has 0 unspecified atom stereocenters. The van der Waals surface area contributed by atoms with Gasteiger partial charge in [-0.05, 0) is 49.2 Å². The van der Waals surface area contributed by atoms with Gasteiger partial charge in [0.05, 0.1) is 0 Å². The Balaban J connectivity index is 1.74. The number of phenolic OH excluding ortho intramolecular Hbond substituents is 2. The summed E-state index contributed by atoms with van der Waals surface area (Å²) in [5, 5.41) is 27.8. The van der Waals surface area contributed by atoms with Gasteiger partial charge >= 0.3 is 0 Å². The van der Waals surface area contributed by atoms with Gasteiger partial charge in [0.25, 0.3) is 0 Å². The molecule has 0 aliphatic rings. The molecule has 294 valence electrons. The largest absolute Gasteiger partial charge is 0.508 e. The average Bonchev–Trinajstić information content (AvgIpc) is 3.12. The number of benzene rings is 2. The highest BCUT2D eigenvalue weighted by atomic mass is 16.3. The van der Waals surface area contributed by atoms with E-state index >= 15 is 0 Å². The van der Waals surface area contributed by atoms with Crippen LogP contribution in [0.1, 0.15) is 167 Å². The Morgan fingerprint density at radius 2 is 0.808 bits per heavy atom. The number of anilines is 2. The van der Waals surface area contributed by atoms with E-state index in [-0.39, 0.29) is 23.3 Å². The second kappa shape index (κ2) is 28.4. The zero-order chi connectivity index (χ0) is 37.8. The fourth-order valence-corrected chi connectivity index (χ4v) is 6.84. The lowest BCUT2D eigenvalue weighted by Crippen LogP contribution is -2.30. The number of rotatable bonds is 31. The Hall–Kier alpha value is -3.10. The van der Waals surface area contributed by atoms with Crippen LogP contribution < -0.4 is 20.4 Å². The predicted molar refractivity (Wildman–Crippen MR) is 219 cm³/mol. The number of hydrogen-bond acceptors (Lipinski definition) is 6. The third kappa shape index (κ3) is 19.1. The van der Waals surface area contributed by atoms with Crippen molar-refractivity contribution in [1.82, 2.24) is 10.6 Å². The second-order valence-corrected chi connectivity index (χ2v) is 14.7. The predicted octanol–water partition coefficient (Wildman–Crippen LogP) is 10.5. The first-order chi connectivity index (χ1) is 25.3. The summed E-state index contributed by atoms with van der Waals surface area (Å²) in [6.07, 6.45) is 25.1. The number of hydrogen-bond donors (Lipinski definition) is 4. The van der Waals surface area contributed by atoms with E-state index in [1.165, 1.54) is 103 Å². The molecule has 0 aliphatic carbocycles. The second-order valence-electron chi connectivity index (χ2n) is 14.7. The molecular formula is C44H74N4O4. The van der Waals surface area contributed by atoms with Crippen LogP contribution in [0.25, 0.3) is 0 Å². The number of carbonyl (C=O) groups is 2. The minimum Gasteiger partial charge on any atom is -0.508 e. The van der Waals surface area contributed by atoms with Gasteiger partial charge in [0, 0.05) is 75.6 Å². The van der Waals surface area contributed by atoms with Gasteiger partial charge in [-0.3, -0.25) is 9.59 Å². The molecule has 0 spiro atoms. The minimum atomic E-state index is 0.0160. The average molecular weight is 723 g/mol. The zero-order valence-corrected chi connectivity index (χ0v) is 33.5. The van der Waals surface area contributed by atoms with Crippen LogP contribution in [-0.2, 0) is 22.7 Å². The SMILES string of the molecule is CCCCCCCCCCCCN(C(C)=O)c1ccc(O)c(CNCCNCc2cc(N(CCCCCCCCCCCC)C(C)=O)ccc2O)c1. The number of unbranched alkanes of at least 4 members (excludes halogenated alkanes) is 18. The molecule has 0 bridgehead atoms. The summed E-state index contributed by atoms with van der Waals surface area (Å²) >= 11 is 0. The standard InChI is InChI=1S/C44H74N4O4/c1-5-7-9-11-13-15-17-19-21-23-31-47(37(3)49)41-25-27-43(51)39(33-41)35-45-29-30-46-36-40-34-42(26-28-44(40)52)48(38(4)50)32-24-22-20-18-16-14-12-10-8-6-2/h25-28,33-34,45-46,51-52H,5-24,29-32,35-36H2,1-4H3. The van der Waals surface area contributed by atoms with E-state index in [0.717, 1.165) is 48.2 Å². The van der Waals surface area contributed by atoms with Gasteiger partial charge in [-0.25, -0.2) is 0 Å². The molecule has 8 nitrogen and oxygen atoms in total. The molecule has 2 aromatic carbocycles. The van der Waals surface area contributed by atoms with Crippen molar-refractivity contribution in [2.45, 2.75) is 169 Å². The van der Waals surface area contributed by atoms with E-state index in [1.807, 2.05) is 34.1 Å². The number of nitrogens with one attached hydrogen (secondary N) is 2. The molecule has 2 aromatic rings. The van der Waals surface area contributed by atoms with E-state index in [4.69, 9.17) is 0 Å². The molecule has 2 rings (SSSR count). The highest BCUT2D eigenvalue weighted by Crippen LogP contribution is 2.26. The van der Waals surface area contributed by atoms with Gasteiger partial charge in [0.15, 0.2) is 0 Å². The maximum atomic E-state index is 12.5. The lowest BCUT2D eigenvalue weighted by molar-refractivity contribution is -0.117. The lowest BCUT2D eigenvalue weighted by Gasteiger charge is -2.22. The van der Waals surface area contributed by atoms with E-state index in [1.54, 1.807) is 26.0 Å². The first-order valence-corrected chi connectivity index (χ1v) is 20.9. The fourth-order valence-electron chi connectivity index (χ4n) is 6.84. The molecule has 2 amide bonds. The Morgan fingerprint density at radius 3 is 1.12 bits per heavy atom. The molecule has 0 aliphatic heterocycles. The summed E-state index contributed by atoms with van der Waals surface area (Å²) < 4.78 is 0. The highest BCUT2D eigenvalue weighted by Gasteiger charge is 2.15. The Bertz CT molecular complexity index is 1160. The minimum absolute atomic E-state index is 0.0160. The van der Waals surface area contributed by atoms with Crippen molar-refractivity contribution in [1.29, 1.82) is 0 Å². The molecule has 52 heavy (non-hydrogen) atoms. The van der Waals surface area contributed by atoms with Gasteiger partial charge in [-0.1, -0.05) is 129 Å². The molecule has 4 N–H and O–H groups in total. The van der Waals surface area contributed by atoms with Gasteiger partial charge in [0.2, 0.25) is 11.8 Å². The summed E-state index contributed by atoms with van der Waals surface area (Å²) in [6, 6.07) is 10.8. The van der Waals surface area contributed by atoms with Crippen molar-refractivity contribution >= 4 is 23.2 Å². The molecular weight excluding hydrogens is 649 g/mol. The van der Waals surface area contributed by atoms with E-state index in [2.05, 4.69) is 24.5 Å². The van der Waals surface area contributed by atoms with Crippen LogP contribution in [0.4, 0.5) is 11.4 Å². The van der Waals surface area contributed by atoms with Crippen molar-refractivity contribution in [3.8, 4) is 11.5 Å². The van der Waals surface area contributed by atoms with Crippen LogP contribution in [0.15, 0.2) is 36.4 Å². The number of amides is 2. The maximum Gasteiger partial charge on any atom is 0.223 e. The summed E-state index contributed by atoms with van der Waals surface area (Å²) in [7, 11) is 0. The number of aromatic hydroxyl groups is 2. The Morgan fingerprint density at radius 1 is 0.500 bits per heavy atom. The van der Waals surface area contributed by atoms with Crippen LogP contribution in [0.3, 0.4) is 0 Å². The van der Waals surface area contributed by atoms with E-state index < -0.39 is 0 Å². The summed E-state index contributed by atoms with van der Waals surface area (Å²) in [5.74, 6) is 0.451. The first kappa shape index (κ1) is 45.1. The van der Waals surface area contributed by atoms with Crippen molar-refractivity contribution in [2.24, 2.45) is 0 Å². The molecule has 0 atom stereocenters. The molecule has 0 aromatic heterocycles. The molecule has 0 heterocycles. The van der Waals surface area contributed by atoms with Crippen LogP contribution in [0, 0.1) is 0 Å². The molecule has 0 radical (unpaired) electrons. The topological polar surface area (TPSA) is 105 Å². The maximum absolute atomic E-state index is 12.5. The third-order valence-electron chi connectivity index (χ3n) is 10.1. The van der Waals surface area contributed by atoms with Crippen molar-refractivity contribution < 1.29 is 19.8 Å². The lowest BCUT2D eigenvalue weighted by atomic mass is 10.1. The van der Waals surface area contributed by atoms with Crippen molar-refractivity contribution in [3.05, 3.63) is 47.5 Å². The summed E-state index contributed by atoms with van der Waals surface area (Å²) in [5.41, 5.74) is 3.14. The van der Waals surface area contributed by atoms with Crippen molar-refractivity contribution in [3.63, 3.8) is 0 Å². The molecule has 0 fully saturated rings. The van der Waals surface area contributed by atoms with Gasteiger partial charge < -0.3 is 30.6 Å². The smallest absolute Gasteiger partial charge is 0.223 e. The summed E-state index contributed by atoms with van der Waals surface area (Å²) in [4.78, 5) is 28.7. The van der Waals surface area contributed by atoms with Crippen LogP contribution >= 0.6 is 0 Å². The van der Waals surface area contributed by atoms with Crippen LogP contribution in [0.5, 0.6) is 11.5 Å². The molecule has 8 heteroatoms. The van der Waals surface area contributed by atoms with Crippen LogP contribution in [0.2, 0.25) is 0 Å². The normalized spacial score (nSPS) is 11.2. The fraction of sp³-hybridized carbons (Fsp3) is 0.682. The quantitative estimate of drug-likeness (QED) is 0.0578. The molecule has 0 saturated carbocycles. The van der Waals surface area contributed by atoms with Gasteiger partial charge in [0.1, 0.15) is 11.5 Å². The monoisotopic (exact) mass is 723 g/mol. The highest BCUT2D eigenvalue weighted by molar-refractivity contribution is 5.92. The number of nitrogens with zero attached hydrogens (tertiary/aromatic N) is 2. The van der Waals surface area contributed by atoms with E-state index in [9.17, 15) is 19.8 Å². The zero-order valence-electron chi connectivity index (χ0n) is 33.5. The van der Waals surface area contributed by atoms with Crippen LogP contribution in [-0.4, -0.2) is 48.2 Å². The van der Waals surface area contributed by atoms with Gasteiger partial charge in [-0.2, -0.15) is 0 Å². The first-order valence-electron chi connectivity index (χ1n) is 20.9. The number of phenols is 2. The van der Waals surface area contributed by atoms with Crippen molar-refractivity contribution in [2.75, 3.05) is 36.0 Å². The third-order valence-corrected chi connectivity index (χ3v) is 10.1.